The summed E-state index contributed by atoms with van der Waals surface area (Å²) < 4.78 is 0. The van der Waals surface area contributed by atoms with Crippen LogP contribution in [0.25, 0.3) is 0 Å². The zero-order valence-corrected chi connectivity index (χ0v) is 12.1. The first-order chi connectivity index (χ1) is 7.94. The van der Waals surface area contributed by atoms with E-state index in [0.717, 1.165) is 13.0 Å². The molecule has 0 fully saturated rings. The second-order valence-electron chi connectivity index (χ2n) is 5.57. The van der Waals surface area contributed by atoms with Crippen molar-refractivity contribution in [2.24, 2.45) is 0 Å². The second-order valence-corrected chi connectivity index (χ2v) is 5.95. The van der Waals surface area contributed by atoms with Crippen LogP contribution in [0.1, 0.15) is 51.2 Å². The Bertz CT molecular complexity index is 327. The molecule has 0 aromatic heterocycles. The maximum Gasteiger partial charge on any atom is 0.0240 e. The van der Waals surface area contributed by atoms with E-state index >= 15 is 0 Å². The average Bonchev–Trinajstić information content (AvgIpc) is 2.27. The molecule has 1 rings (SSSR count). The summed E-state index contributed by atoms with van der Waals surface area (Å²) in [4.78, 5) is 0. The van der Waals surface area contributed by atoms with E-state index in [-0.39, 0.29) is 5.54 Å². The summed E-state index contributed by atoms with van der Waals surface area (Å²) in [6.07, 6.45) is 0.985. The summed E-state index contributed by atoms with van der Waals surface area (Å²) in [5.74, 6) is 1.30. The highest BCUT2D eigenvalue weighted by atomic mass is 35.5. The molecule has 0 aliphatic carbocycles. The largest absolute Gasteiger partial charge is 0.308 e. The van der Waals surface area contributed by atoms with Gasteiger partial charge >= 0.3 is 0 Å². The molecule has 0 saturated heterocycles. The molecule has 1 aromatic rings. The molecule has 0 unspecified atom stereocenters. The van der Waals surface area contributed by atoms with Gasteiger partial charge in [-0.1, -0.05) is 38.1 Å². The minimum atomic E-state index is 0.110. The number of alkyl halides is 1. The van der Waals surface area contributed by atoms with Crippen molar-refractivity contribution in [2.75, 3.05) is 5.88 Å². The number of benzene rings is 1. The van der Waals surface area contributed by atoms with E-state index in [2.05, 4.69) is 57.3 Å². The molecule has 1 aromatic carbocycles. The standard InChI is InChI=1S/C15H24ClN/c1-12(2)14-7-5-13(6-8-14)11-17-15(3,4)9-10-16/h5-8,12,17H,9-11H2,1-4H3. The van der Waals surface area contributed by atoms with Crippen LogP contribution >= 0.6 is 11.6 Å². The van der Waals surface area contributed by atoms with Crippen molar-refractivity contribution < 1.29 is 0 Å². The van der Waals surface area contributed by atoms with Crippen molar-refractivity contribution >= 4 is 11.6 Å². The molecular weight excluding hydrogens is 230 g/mol. The number of hydrogen-bond acceptors (Lipinski definition) is 1. The van der Waals surface area contributed by atoms with E-state index in [4.69, 9.17) is 11.6 Å². The zero-order chi connectivity index (χ0) is 12.9. The van der Waals surface area contributed by atoms with Gasteiger partial charge in [-0.2, -0.15) is 0 Å². The molecule has 0 atom stereocenters. The molecule has 1 N–H and O–H groups in total. The lowest BCUT2D eigenvalue weighted by atomic mass is 10.00. The zero-order valence-electron chi connectivity index (χ0n) is 11.4. The molecular formula is C15H24ClN. The maximum absolute atomic E-state index is 5.78. The van der Waals surface area contributed by atoms with Gasteiger partial charge in [0.15, 0.2) is 0 Å². The van der Waals surface area contributed by atoms with E-state index in [0.29, 0.717) is 11.8 Å². The molecule has 0 amide bonds. The van der Waals surface area contributed by atoms with Gasteiger partial charge in [-0.3, -0.25) is 0 Å². The Hall–Kier alpha value is -0.530. The monoisotopic (exact) mass is 253 g/mol. The normalized spacial score (nSPS) is 12.1. The Morgan fingerprint density at radius 3 is 2.24 bits per heavy atom. The Morgan fingerprint density at radius 2 is 1.76 bits per heavy atom. The summed E-state index contributed by atoms with van der Waals surface area (Å²) in [6.45, 7) is 9.73. The Labute approximate surface area is 111 Å². The van der Waals surface area contributed by atoms with E-state index in [9.17, 15) is 0 Å². The van der Waals surface area contributed by atoms with Gasteiger partial charge in [0.05, 0.1) is 0 Å². The molecule has 17 heavy (non-hydrogen) atoms. The van der Waals surface area contributed by atoms with Crippen molar-refractivity contribution in [3.8, 4) is 0 Å². The smallest absolute Gasteiger partial charge is 0.0240 e. The van der Waals surface area contributed by atoms with E-state index in [1.165, 1.54) is 11.1 Å². The summed E-state index contributed by atoms with van der Waals surface area (Å²) in [6, 6.07) is 8.85. The Morgan fingerprint density at radius 1 is 1.18 bits per heavy atom. The quantitative estimate of drug-likeness (QED) is 0.745. The Balaban J connectivity index is 2.52. The van der Waals surface area contributed by atoms with Crippen molar-refractivity contribution in [1.82, 2.24) is 5.32 Å². The van der Waals surface area contributed by atoms with Crippen LogP contribution in [0.5, 0.6) is 0 Å². The van der Waals surface area contributed by atoms with Crippen molar-refractivity contribution in [1.29, 1.82) is 0 Å². The topological polar surface area (TPSA) is 12.0 Å². The number of halogens is 1. The van der Waals surface area contributed by atoms with Crippen LogP contribution in [0.15, 0.2) is 24.3 Å². The highest BCUT2D eigenvalue weighted by Crippen LogP contribution is 2.16. The molecule has 0 spiro atoms. The lowest BCUT2D eigenvalue weighted by Gasteiger charge is -2.25. The second kappa shape index (κ2) is 6.42. The fourth-order valence-corrected chi connectivity index (χ4v) is 2.16. The Kier molecular flexibility index (Phi) is 5.48. The summed E-state index contributed by atoms with van der Waals surface area (Å²) >= 11 is 5.78. The van der Waals surface area contributed by atoms with Crippen LogP contribution in [-0.4, -0.2) is 11.4 Å². The fourth-order valence-electron chi connectivity index (χ4n) is 1.69. The predicted molar refractivity (Wildman–Crippen MR) is 76.8 cm³/mol. The summed E-state index contributed by atoms with van der Waals surface area (Å²) in [5.41, 5.74) is 2.84. The van der Waals surface area contributed by atoms with E-state index < -0.39 is 0 Å². The number of hydrogen-bond donors (Lipinski definition) is 1. The van der Waals surface area contributed by atoms with Gasteiger partial charge in [0, 0.05) is 18.0 Å². The van der Waals surface area contributed by atoms with Crippen LogP contribution in [0.2, 0.25) is 0 Å². The van der Waals surface area contributed by atoms with Crippen molar-refractivity contribution in [2.45, 2.75) is 52.1 Å². The molecule has 0 heterocycles. The minimum absolute atomic E-state index is 0.110. The van der Waals surface area contributed by atoms with Gasteiger partial charge in [0.25, 0.3) is 0 Å². The van der Waals surface area contributed by atoms with Gasteiger partial charge in [0.1, 0.15) is 0 Å². The molecule has 0 aliphatic rings. The third-order valence-corrected chi connectivity index (χ3v) is 3.33. The van der Waals surface area contributed by atoms with E-state index in [1.54, 1.807) is 0 Å². The molecule has 96 valence electrons. The maximum atomic E-state index is 5.78. The predicted octanol–water partition coefficient (Wildman–Crippen LogP) is 4.31. The molecule has 2 heteroatoms. The van der Waals surface area contributed by atoms with Crippen LogP contribution < -0.4 is 5.32 Å². The van der Waals surface area contributed by atoms with Crippen molar-refractivity contribution in [3.05, 3.63) is 35.4 Å². The van der Waals surface area contributed by atoms with Gasteiger partial charge in [0.2, 0.25) is 0 Å². The first kappa shape index (κ1) is 14.5. The van der Waals surface area contributed by atoms with Crippen molar-refractivity contribution in [3.63, 3.8) is 0 Å². The lowest BCUT2D eigenvalue weighted by molar-refractivity contribution is 0.376. The fraction of sp³-hybridized carbons (Fsp3) is 0.600. The summed E-state index contributed by atoms with van der Waals surface area (Å²) in [5, 5.41) is 3.54. The third kappa shape index (κ3) is 5.10. The molecule has 0 radical (unpaired) electrons. The lowest BCUT2D eigenvalue weighted by Crippen LogP contribution is -2.39. The minimum Gasteiger partial charge on any atom is -0.308 e. The molecule has 0 saturated carbocycles. The third-order valence-electron chi connectivity index (χ3n) is 3.14. The highest BCUT2D eigenvalue weighted by molar-refractivity contribution is 6.17. The average molecular weight is 254 g/mol. The van der Waals surface area contributed by atoms with Crippen LogP contribution in [0, 0.1) is 0 Å². The molecule has 1 nitrogen and oxygen atoms in total. The van der Waals surface area contributed by atoms with Gasteiger partial charge in [-0.25, -0.2) is 0 Å². The van der Waals surface area contributed by atoms with Gasteiger partial charge < -0.3 is 5.32 Å². The molecule has 0 aliphatic heterocycles. The van der Waals surface area contributed by atoms with E-state index in [1.807, 2.05) is 0 Å². The summed E-state index contributed by atoms with van der Waals surface area (Å²) in [7, 11) is 0. The first-order valence-electron chi connectivity index (χ1n) is 6.34. The van der Waals surface area contributed by atoms with Crippen LogP contribution in [-0.2, 0) is 6.54 Å². The van der Waals surface area contributed by atoms with Crippen LogP contribution in [0.3, 0.4) is 0 Å². The SMILES string of the molecule is CC(C)c1ccc(CNC(C)(C)CCCl)cc1. The number of rotatable bonds is 6. The first-order valence-corrected chi connectivity index (χ1v) is 6.88. The van der Waals surface area contributed by atoms with Crippen LogP contribution in [0.4, 0.5) is 0 Å². The van der Waals surface area contributed by atoms with Gasteiger partial charge in [-0.15, -0.1) is 11.6 Å². The van der Waals surface area contributed by atoms with Gasteiger partial charge in [-0.05, 0) is 37.3 Å². The molecule has 0 bridgehead atoms. The highest BCUT2D eigenvalue weighted by Gasteiger charge is 2.15. The number of nitrogens with one attached hydrogen (secondary N) is 1.